The largest absolute Gasteiger partial charge is 0.353 e. The summed E-state index contributed by atoms with van der Waals surface area (Å²) >= 11 is 0. The lowest BCUT2D eigenvalue weighted by Crippen LogP contribution is -2.60. The van der Waals surface area contributed by atoms with Gasteiger partial charge >= 0.3 is 0 Å². The number of nitrogens with one attached hydrogen (secondary N) is 2. The fourth-order valence-electron chi connectivity index (χ4n) is 2.15. The van der Waals surface area contributed by atoms with Gasteiger partial charge in [0.2, 0.25) is 5.91 Å². The first-order chi connectivity index (χ1) is 8.69. The number of hydrogen-bond acceptors (Lipinski definition) is 4. The van der Waals surface area contributed by atoms with Crippen LogP contribution in [0.5, 0.6) is 0 Å². The zero-order valence-corrected chi connectivity index (χ0v) is 13.3. The molecule has 0 aliphatic carbocycles. The van der Waals surface area contributed by atoms with E-state index in [0.29, 0.717) is 6.54 Å². The summed E-state index contributed by atoms with van der Waals surface area (Å²) in [5.74, 6) is 0.0530. The fourth-order valence-corrected chi connectivity index (χ4v) is 2.15. The zero-order chi connectivity index (χ0) is 14.7. The maximum absolute atomic E-state index is 12.1. The smallest absolute Gasteiger partial charge is 0.239 e. The molecule has 0 saturated carbocycles. The predicted molar refractivity (Wildman–Crippen MR) is 79.3 cm³/mol. The average Bonchev–Trinajstić information content (AvgIpc) is 2.36. The van der Waals surface area contributed by atoms with Crippen molar-refractivity contribution in [2.75, 3.05) is 46.8 Å². The van der Waals surface area contributed by atoms with Gasteiger partial charge in [-0.2, -0.15) is 0 Å². The first kappa shape index (κ1) is 16.4. The third-order valence-electron chi connectivity index (χ3n) is 4.23. The lowest BCUT2D eigenvalue weighted by atomic mass is 9.99. The van der Waals surface area contributed by atoms with E-state index in [0.717, 1.165) is 26.2 Å². The summed E-state index contributed by atoms with van der Waals surface area (Å²) in [4.78, 5) is 16.9. The van der Waals surface area contributed by atoms with E-state index in [2.05, 4.69) is 41.3 Å². The van der Waals surface area contributed by atoms with Crippen molar-refractivity contribution in [1.29, 1.82) is 0 Å². The summed E-state index contributed by atoms with van der Waals surface area (Å²) < 4.78 is 0. The lowest BCUT2D eigenvalue weighted by molar-refractivity contribution is -0.126. The second-order valence-electron chi connectivity index (χ2n) is 6.66. The Morgan fingerprint density at radius 1 is 1.11 bits per heavy atom. The minimum Gasteiger partial charge on any atom is -0.353 e. The first-order valence-electron chi connectivity index (χ1n) is 7.10. The highest BCUT2D eigenvalue weighted by Gasteiger charge is 2.32. The Kier molecular flexibility index (Phi) is 5.35. The second-order valence-corrected chi connectivity index (χ2v) is 6.66. The van der Waals surface area contributed by atoms with Crippen LogP contribution in [0.25, 0.3) is 0 Å². The molecule has 112 valence electrons. The number of rotatable bonds is 5. The van der Waals surface area contributed by atoms with Gasteiger partial charge in [0.1, 0.15) is 0 Å². The van der Waals surface area contributed by atoms with Crippen molar-refractivity contribution in [2.45, 2.75) is 38.8 Å². The SMILES string of the molecule is CNC(C)(C)C(=O)NCC(C)(C)N1CCN(C)CC1. The molecule has 1 amide bonds. The minimum absolute atomic E-state index is 0.000736. The molecule has 0 unspecified atom stereocenters. The lowest BCUT2D eigenvalue weighted by Gasteiger charge is -2.43. The number of piperazine rings is 1. The monoisotopic (exact) mass is 270 g/mol. The maximum atomic E-state index is 12.1. The molecule has 5 nitrogen and oxygen atoms in total. The van der Waals surface area contributed by atoms with Gasteiger partial charge in [-0.25, -0.2) is 0 Å². The molecule has 0 bridgehead atoms. The molecule has 1 saturated heterocycles. The third-order valence-corrected chi connectivity index (χ3v) is 4.23. The molecule has 5 heteroatoms. The molecule has 1 fully saturated rings. The van der Waals surface area contributed by atoms with Crippen LogP contribution in [0.1, 0.15) is 27.7 Å². The van der Waals surface area contributed by atoms with Crippen LogP contribution in [0, 0.1) is 0 Å². The molecule has 0 spiro atoms. The van der Waals surface area contributed by atoms with Crippen LogP contribution in [0.3, 0.4) is 0 Å². The van der Waals surface area contributed by atoms with Crippen LogP contribution in [-0.2, 0) is 4.79 Å². The van der Waals surface area contributed by atoms with Gasteiger partial charge in [-0.3, -0.25) is 9.69 Å². The van der Waals surface area contributed by atoms with Gasteiger partial charge in [-0.05, 0) is 41.8 Å². The van der Waals surface area contributed by atoms with E-state index in [-0.39, 0.29) is 11.4 Å². The van der Waals surface area contributed by atoms with Crippen molar-refractivity contribution in [3.05, 3.63) is 0 Å². The van der Waals surface area contributed by atoms with Crippen LogP contribution in [0.2, 0.25) is 0 Å². The van der Waals surface area contributed by atoms with Gasteiger partial charge < -0.3 is 15.5 Å². The van der Waals surface area contributed by atoms with E-state index in [9.17, 15) is 4.79 Å². The summed E-state index contributed by atoms with van der Waals surface area (Å²) in [6.07, 6.45) is 0. The van der Waals surface area contributed by atoms with Gasteiger partial charge in [0, 0.05) is 38.3 Å². The standard InChI is InChI=1S/C14H30N4O/c1-13(2,18-9-7-17(6)8-10-18)11-16-12(19)14(3,4)15-5/h15H,7-11H2,1-6H3,(H,16,19). The van der Waals surface area contributed by atoms with E-state index >= 15 is 0 Å². The Morgan fingerprint density at radius 3 is 2.11 bits per heavy atom. The molecular formula is C14H30N4O. The van der Waals surface area contributed by atoms with Gasteiger partial charge in [0.05, 0.1) is 5.54 Å². The molecule has 1 aliphatic rings. The summed E-state index contributed by atoms with van der Waals surface area (Å²) in [6.45, 7) is 13.2. The summed E-state index contributed by atoms with van der Waals surface area (Å²) in [6, 6.07) is 0. The van der Waals surface area contributed by atoms with E-state index in [4.69, 9.17) is 0 Å². The zero-order valence-electron chi connectivity index (χ0n) is 13.3. The minimum atomic E-state index is -0.516. The predicted octanol–water partition coefficient (Wildman–Crippen LogP) is 0.127. The molecule has 0 aromatic rings. The summed E-state index contributed by atoms with van der Waals surface area (Å²) in [5, 5.41) is 6.10. The maximum Gasteiger partial charge on any atom is 0.239 e. The van der Waals surface area contributed by atoms with E-state index < -0.39 is 5.54 Å². The Hall–Kier alpha value is -0.650. The van der Waals surface area contributed by atoms with Crippen molar-refractivity contribution < 1.29 is 4.79 Å². The molecule has 1 aliphatic heterocycles. The summed E-state index contributed by atoms with van der Waals surface area (Å²) in [5.41, 5.74) is -0.515. The normalized spacial score (nSPS) is 19.5. The topological polar surface area (TPSA) is 47.6 Å². The fraction of sp³-hybridized carbons (Fsp3) is 0.929. The van der Waals surface area contributed by atoms with E-state index in [1.807, 2.05) is 20.9 Å². The molecular weight excluding hydrogens is 240 g/mol. The van der Waals surface area contributed by atoms with Crippen molar-refractivity contribution >= 4 is 5.91 Å². The number of likely N-dealkylation sites (N-methyl/N-ethyl adjacent to an activating group) is 2. The third kappa shape index (κ3) is 4.44. The van der Waals surface area contributed by atoms with Crippen molar-refractivity contribution in [2.24, 2.45) is 0 Å². The molecule has 19 heavy (non-hydrogen) atoms. The molecule has 0 atom stereocenters. The Bertz CT molecular complexity index is 307. The number of hydrogen-bond donors (Lipinski definition) is 2. The molecule has 1 heterocycles. The number of carbonyl (C=O) groups is 1. The van der Waals surface area contributed by atoms with Gasteiger partial charge in [0.25, 0.3) is 0 Å². The number of carbonyl (C=O) groups excluding carboxylic acids is 1. The number of amides is 1. The highest BCUT2D eigenvalue weighted by molar-refractivity contribution is 5.85. The Morgan fingerprint density at radius 2 is 1.63 bits per heavy atom. The second kappa shape index (κ2) is 6.20. The molecule has 0 aromatic carbocycles. The van der Waals surface area contributed by atoms with E-state index in [1.165, 1.54) is 0 Å². The van der Waals surface area contributed by atoms with Gasteiger partial charge in [-0.1, -0.05) is 0 Å². The molecule has 2 N–H and O–H groups in total. The van der Waals surface area contributed by atoms with Crippen molar-refractivity contribution in [1.82, 2.24) is 20.4 Å². The average molecular weight is 270 g/mol. The Labute approximate surface area is 117 Å². The quantitative estimate of drug-likeness (QED) is 0.745. The van der Waals surface area contributed by atoms with Crippen molar-refractivity contribution in [3.8, 4) is 0 Å². The molecule has 0 radical (unpaired) electrons. The van der Waals surface area contributed by atoms with Crippen LogP contribution < -0.4 is 10.6 Å². The van der Waals surface area contributed by atoms with E-state index in [1.54, 1.807) is 0 Å². The highest BCUT2D eigenvalue weighted by atomic mass is 16.2. The van der Waals surface area contributed by atoms with Crippen LogP contribution in [0.4, 0.5) is 0 Å². The van der Waals surface area contributed by atoms with Crippen LogP contribution >= 0.6 is 0 Å². The van der Waals surface area contributed by atoms with Gasteiger partial charge in [0.15, 0.2) is 0 Å². The van der Waals surface area contributed by atoms with Crippen LogP contribution in [-0.4, -0.2) is 73.6 Å². The van der Waals surface area contributed by atoms with Gasteiger partial charge in [-0.15, -0.1) is 0 Å². The number of nitrogens with zero attached hydrogens (tertiary/aromatic N) is 2. The van der Waals surface area contributed by atoms with Crippen LogP contribution in [0.15, 0.2) is 0 Å². The van der Waals surface area contributed by atoms with Crippen molar-refractivity contribution in [3.63, 3.8) is 0 Å². The molecule has 1 rings (SSSR count). The molecule has 0 aromatic heterocycles. The Balaban J connectivity index is 2.49. The summed E-state index contributed by atoms with van der Waals surface area (Å²) in [7, 11) is 3.97. The first-order valence-corrected chi connectivity index (χ1v) is 7.10. The highest BCUT2D eigenvalue weighted by Crippen LogP contribution is 2.16.